The second-order valence-electron chi connectivity index (χ2n) is 6.31. The highest BCUT2D eigenvalue weighted by atomic mass is 79.9. The van der Waals surface area contributed by atoms with Crippen molar-refractivity contribution >= 4 is 32.8 Å². The Morgan fingerprint density at radius 1 is 1.27 bits per heavy atom. The smallest absolute Gasteiger partial charge is 0.336 e. The lowest BCUT2D eigenvalue weighted by atomic mass is 9.77. The number of hydrogen-bond donors (Lipinski definition) is 1. The van der Waals surface area contributed by atoms with E-state index in [0.29, 0.717) is 22.8 Å². The number of nitrogens with zero attached hydrogens (tertiary/aromatic N) is 2. The Morgan fingerprint density at radius 3 is 2.68 bits per heavy atom. The number of aromatic carboxylic acids is 1. The van der Waals surface area contributed by atoms with Gasteiger partial charge in [-0.25, -0.2) is 4.79 Å². The summed E-state index contributed by atoms with van der Waals surface area (Å²) in [5.41, 5.74) is 2.08. The van der Waals surface area contributed by atoms with Crippen molar-refractivity contribution < 1.29 is 9.90 Å². The third-order valence-electron chi connectivity index (χ3n) is 5.06. The van der Waals surface area contributed by atoms with Crippen LogP contribution in [0.25, 0.3) is 10.9 Å². The third kappa shape index (κ3) is 2.32. The maximum atomic E-state index is 11.7. The minimum atomic E-state index is -0.881. The molecule has 4 nitrogen and oxygen atoms in total. The highest BCUT2D eigenvalue weighted by Crippen LogP contribution is 2.39. The standard InChI is InChI=1S/C17H17BrN2O2/c18-11-1-2-15-12(7-11)13(17(21)22)8-16(19-15)14-9-20-5-3-10(14)4-6-20/h1-2,7-8,10,14H,3-6,9H2,(H,21,22). The number of halogens is 1. The number of hydrogen-bond acceptors (Lipinski definition) is 3. The van der Waals surface area contributed by atoms with E-state index in [1.165, 1.54) is 25.9 Å². The van der Waals surface area contributed by atoms with E-state index < -0.39 is 5.97 Å². The number of carboxylic acids is 1. The summed E-state index contributed by atoms with van der Waals surface area (Å²) in [6.45, 7) is 3.36. The molecule has 1 N–H and O–H groups in total. The van der Waals surface area contributed by atoms with Crippen LogP contribution in [0.5, 0.6) is 0 Å². The number of carbonyl (C=O) groups is 1. The van der Waals surface area contributed by atoms with Crippen LogP contribution < -0.4 is 0 Å². The van der Waals surface area contributed by atoms with Gasteiger partial charge in [-0.3, -0.25) is 4.98 Å². The molecule has 3 saturated heterocycles. The predicted molar refractivity (Wildman–Crippen MR) is 88.3 cm³/mol. The molecule has 1 aromatic carbocycles. The third-order valence-corrected chi connectivity index (χ3v) is 5.55. The first-order chi connectivity index (χ1) is 10.6. The molecule has 0 radical (unpaired) electrons. The average molecular weight is 361 g/mol. The normalized spacial score (nSPS) is 27.2. The van der Waals surface area contributed by atoms with Crippen molar-refractivity contribution in [3.8, 4) is 0 Å². The molecule has 5 heteroatoms. The molecule has 1 aromatic heterocycles. The van der Waals surface area contributed by atoms with Gasteiger partial charge in [-0.05, 0) is 56.1 Å². The zero-order valence-electron chi connectivity index (χ0n) is 12.1. The molecule has 4 heterocycles. The summed E-state index contributed by atoms with van der Waals surface area (Å²) < 4.78 is 0.875. The first-order valence-electron chi connectivity index (χ1n) is 7.67. The number of benzene rings is 1. The summed E-state index contributed by atoms with van der Waals surface area (Å²) in [6.07, 6.45) is 2.40. The SMILES string of the molecule is O=C(O)c1cc(C2CN3CCC2CC3)nc2ccc(Br)cc12. The Bertz CT molecular complexity index is 754. The molecule has 114 valence electrons. The molecular formula is C17H17BrN2O2. The van der Waals surface area contributed by atoms with Gasteiger partial charge in [-0.15, -0.1) is 0 Å². The zero-order chi connectivity index (χ0) is 15.3. The Kier molecular flexibility index (Phi) is 3.42. The fraction of sp³-hybridized carbons (Fsp3) is 0.412. The van der Waals surface area contributed by atoms with Crippen LogP contribution in [0.2, 0.25) is 0 Å². The van der Waals surface area contributed by atoms with Crippen LogP contribution in [-0.4, -0.2) is 40.6 Å². The minimum Gasteiger partial charge on any atom is -0.478 e. The van der Waals surface area contributed by atoms with Crippen molar-refractivity contribution in [2.45, 2.75) is 18.8 Å². The first kappa shape index (κ1) is 14.2. The molecule has 5 rings (SSSR count). The minimum absolute atomic E-state index is 0.359. The van der Waals surface area contributed by atoms with Crippen molar-refractivity contribution in [2.75, 3.05) is 19.6 Å². The van der Waals surface area contributed by atoms with Crippen molar-refractivity contribution in [2.24, 2.45) is 5.92 Å². The highest BCUT2D eigenvalue weighted by molar-refractivity contribution is 9.10. The molecule has 3 fully saturated rings. The average Bonchev–Trinajstić information content (AvgIpc) is 2.54. The summed E-state index contributed by atoms with van der Waals surface area (Å²) in [4.78, 5) is 18.9. The molecule has 0 aliphatic carbocycles. The summed E-state index contributed by atoms with van der Waals surface area (Å²) in [7, 11) is 0. The van der Waals surface area contributed by atoms with Crippen LogP contribution in [0.1, 0.15) is 34.8 Å². The second kappa shape index (κ2) is 5.32. The predicted octanol–water partition coefficient (Wildman–Crippen LogP) is 3.50. The largest absolute Gasteiger partial charge is 0.478 e. The highest BCUT2D eigenvalue weighted by Gasteiger charge is 2.36. The topological polar surface area (TPSA) is 53.4 Å². The number of pyridine rings is 1. The number of aromatic nitrogens is 1. The fourth-order valence-corrected chi connectivity index (χ4v) is 4.25. The first-order valence-corrected chi connectivity index (χ1v) is 8.47. The Hall–Kier alpha value is -1.46. The number of rotatable bonds is 2. The van der Waals surface area contributed by atoms with Gasteiger partial charge in [0.15, 0.2) is 0 Å². The molecule has 2 bridgehead atoms. The number of piperidine rings is 3. The van der Waals surface area contributed by atoms with E-state index >= 15 is 0 Å². The molecule has 1 unspecified atom stereocenters. The lowest BCUT2D eigenvalue weighted by Gasteiger charge is -2.44. The zero-order valence-corrected chi connectivity index (χ0v) is 13.7. The van der Waals surface area contributed by atoms with Crippen molar-refractivity contribution in [1.82, 2.24) is 9.88 Å². The van der Waals surface area contributed by atoms with Gasteiger partial charge in [0.25, 0.3) is 0 Å². The van der Waals surface area contributed by atoms with Crippen LogP contribution in [0.4, 0.5) is 0 Å². The van der Waals surface area contributed by atoms with Crippen LogP contribution in [0, 0.1) is 5.92 Å². The molecule has 3 aliphatic heterocycles. The van der Waals surface area contributed by atoms with Gasteiger partial charge in [0, 0.05) is 28.0 Å². The maximum absolute atomic E-state index is 11.7. The van der Waals surface area contributed by atoms with Crippen molar-refractivity contribution in [3.05, 3.63) is 40.0 Å². The lowest BCUT2D eigenvalue weighted by molar-refractivity contribution is 0.0697. The Morgan fingerprint density at radius 2 is 2.05 bits per heavy atom. The Balaban J connectivity index is 1.85. The molecule has 3 aliphatic rings. The molecular weight excluding hydrogens is 344 g/mol. The Labute approximate surface area is 137 Å². The van der Waals surface area contributed by atoms with Crippen LogP contribution >= 0.6 is 15.9 Å². The number of fused-ring (bicyclic) bond motifs is 4. The van der Waals surface area contributed by atoms with E-state index in [2.05, 4.69) is 20.8 Å². The molecule has 22 heavy (non-hydrogen) atoms. The molecule has 0 saturated carbocycles. The number of carboxylic acid groups (broad SMARTS) is 1. The van der Waals surface area contributed by atoms with Crippen molar-refractivity contribution in [1.29, 1.82) is 0 Å². The van der Waals surface area contributed by atoms with E-state index in [9.17, 15) is 9.90 Å². The van der Waals surface area contributed by atoms with Gasteiger partial charge in [-0.1, -0.05) is 15.9 Å². The van der Waals surface area contributed by atoms with Crippen LogP contribution in [0.3, 0.4) is 0 Å². The quantitative estimate of drug-likeness (QED) is 0.890. The maximum Gasteiger partial charge on any atom is 0.336 e. The van der Waals surface area contributed by atoms with E-state index in [1.54, 1.807) is 6.07 Å². The fourth-order valence-electron chi connectivity index (χ4n) is 3.89. The van der Waals surface area contributed by atoms with Gasteiger partial charge in [0.05, 0.1) is 11.1 Å². The van der Waals surface area contributed by atoms with Gasteiger partial charge >= 0.3 is 5.97 Å². The summed E-state index contributed by atoms with van der Waals surface area (Å²) in [5, 5.41) is 10.3. The van der Waals surface area contributed by atoms with E-state index in [0.717, 1.165) is 22.2 Å². The van der Waals surface area contributed by atoms with Gasteiger partial charge in [-0.2, -0.15) is 0 Å². The van der Waals surface area contributed by atoms with Crippen LogP contribution in [0.15, 0.2) is 28.7 Å². The molecule has 1 atom stereocenters. The van der Waals surface area contributed by atoms with E-state index in [1.807, 2.05) is 18.2 Å². The van der Waals surface area contributed by atoms with Crippen molar-refractivity contribution in [3.63, 3.8) is 0 Å². The lowest BCUT2D eigenvalue weighted by Crippen LogP contribution is -2.46. The van der Waals surface area contributed by atoms with Gasteiger partial charge < -0.3 is 10.0 Å². The molecule has 2 aromatic rings. The second-order valence-corrected chi connectivity index (χ2v) is 7.22. The molecule has 0 spiro atoms. The molecule has 0 amide bonds. The van der Waals surface area contributed by atoms with Crippen LogP contribution in [-0.2, 0) is 0 Å². The van der Waals surface area contributed by atoms with Gasteiger partial charge in [0.1, 0.15) is 0 Å². The van der Waals surface area contributed by atoms with E-state index in [-0.39, 0.29) is 0 Å². The summed E-state index contributed by atoms with van der Waals surface area (Å²) in [6, 6.07) is 7.45. The van der Waals surface area contributed by atoms with Gasteiger partial charge in [0.2, 0.25) is 0 Å². The summed E-state index contributed by atoms with van der Waals surface area (Å²) >= 11 is 3.41. The summed E-state index contributed by atoms with van der Waals surface area (Å²) in [5.74, 6) is 0.133. The monoisotopic (exact) mass is 360 g/mol. The van der Waals surface area contributed by atoms with E-state index in [4.69, 9.17) is 4.98 Å².